The minimum atomic E-state index is -0.624. The summed E-state index contributed by atoms with van der Waals surface area (Å²) in [6.07, 6.45) is 0. The molecule has 21 heavy (non-hydrogen) atoms. The summed E-state index contributed by atoms with van der Waals surface area (Å²) >= 11 is 3.26. The monoisotopic (exact) mass is 351 g/mol. The number of carbonyl (C=O) groups is 1. The van der Waals surface area contributed by atoms with Crippen molar-refractivity contribution in [3.63, 3.8) is 0 Å². The topological polar surface area (TPSA) is 78.7 Å². The number of methoxy groups -OCH3 is 1. The van der Waals surface area contributed by atoms with E-state index in [0.29, 0.717) is 5.56 Å². The molecule has 0 fully saturated rings. The molecule has 2 rings (SSSR count). The maximum Gasteiger partial charge on any atom is 0.343 e. The van der Waals surface area contributed by atoms with Crippen LogP contribution in [0.4, 0.5) is 5.69 Å². The third kappa shape index (κ3) is 3.57. The van der Waals surface area contributed by atoms with E-state index in [4.69, 9.17) is 9.47 Å². The SMILES string of the molecule is COc1ccc([N+](=O)[O-])cc1OC(=O)c1ccc(Br)cc1. The highest BCUT2D eigenvalue weighted by Gasteiger charge is 2.16. The van der Waals surface area contributed by atoms with Crippen LogP contribution in [0, 0.1) is 10.1 Å². The zero-order valence-electron chi connectivity index (χ0n) is 10.9. The lowest BCUT2D eigenvalue weighted by Crippen LogP contribution is -2.09. The van der Waals surface area contributed by atoms with Crippen molar-refractivity contribution >= 4 is 27.6 Å². The average molecular weight is 352 g/mol. The Hall–Kier alpha value is -2.41. The maximum atomic E-state index is 12.0. The molecule has 0 spiro atoms. The number of ether oxygens (including phenoxy) is 2. The maximum absolute atomic E-state index is 12.0. The molecule has 0 aliphatic carbocycles. The Morgan fingerprint density at radius 3 is 2.38 bits per heavy atom. The van der Waals surface area contributed by atoms with Gasteiger partial charge < -0.3 is 9.47 Å². The van der Waals surface area contributed by atoms with Crippen LogP contribution in [0.2, 0.25) is 0 Å². The van der Waals surface area contributed by atoms with E-state index in [1.165, 1.54) is 19.2 Å². The summed E-state index contributed by atoms with van der Waals surface area (Å²) in [4.78, 5) is 22.2. The van der Waals surface area contributed by atoms with Crippen molar-refractivity contribution in [3.8, 4) is 11.5 Å². The summed E-state index contributed by atoms with van der Waals surface area (Å²) in [6.45, 7) is 0. The Morgan fingerprint density at radius 2 is 1.81 bits per heavy atom. The smallest absolute Gasteiger partial charge is 0.343 e. The molecule has 0 heterocycles. The largest absolute Gasteiger partial charge is 0.493 e. The van der Waals surface area contributed by atoms with Gasteiger partial charge >= 0.3 is 5.97 Å². The van der Waals surface area contributed by atoms with E-state index in [9.17, 15) is 14.9 Å². The average Bonchev–Trinajstić information content (AvgIpc) is 2.47. The third-order valence-corrected chi connectivity index (χ3v) is 3.17. The van der Waals surface area contributed by atoms with Crippen LogP contribution in [0.1, 0.15) is 10.4 Å². The van der Waals surface area contributed by atoms with Crippen LogP contribution in [0.3, 0.4) is 0 Å². The fourth-order valence-electron chi connectivity index (χ4n) is 1.60. The van der Waals surface area contributed by atoms with Crippen molar-refractivity contribution in [1.29, 1.82) is 0 Å². The van der Waals surface area contributed by atoms with Gasteiger partial charge in [0.25, 0.3) is 5.69 Å². The number of esters is 1. The second-order valence-electron chi connectivity index (χ2n) is 3.99. The Labute approximate surface area is 128 Å². The molecule has 2 aromatic carbocycles. The normalized spacial score (nSPS) is 10.0. The van der Waals surface area contributed by atoms with Gasteiger partial charge in [-0.25, -0.2) is 4.79 Å². The Morgan fingerprint density at radius 1 is 1.14 bits per heavy atom. The van der Waals surface area contributed by atoms with Crippen LogP contribution in [-0.4, -0.2) is 18.0 Å². The zero-order chi connectivity index (χ0) is 15.4. The van der Waals surface area contributed by atoms with Gasteiger partial charge in [0.15, 0.2) is 11.5 Å². The predicted molar refractivity (Wildman–Crippen MR) is 78.7 cm³/mol. The first kappa shape index (κ1) is 15.0. The lowest BCUT2D eigenvalue weighted by molar-refractivity contribution is -0.384. The lowest BCUT2D eigenvalue weighted by Gasteiger charge is -2.09. The minimum Gasteiger partial charge on any atom is -0.493 e. The molecular weight excluding hydrogens is 342 g/mol. The Kier molecular flexibility index (Phi) is 4.54. The van der Waals surface area contributed by atoms with Crippen molar-refractivity contribution < 1.29 is 19.2 Å². The number of halogens is 1. The highest BCUT2D eigenvalue weighted by atomic mass is 79.9. The second-order valence-corrected chi connectivity index (χ2v) is 4.90. The third-order valence-electron chi connectivity index (χ3n) is 2.64. The number of hydrogen-bond acceptors (Lipinski definition) is 5. The van der Waals surface area contributed by atoms with Crippen molar-refractivity contribution in [2.75, 3.05) is 7.11 Å². The summed E-state index contributed by atoms with van der Waals surface area (Å²) in [6, 6.07) is 10.3. The molecule has 2 aromatic rings. The van der Waals surface area contributed by atoms with Crippen LogP contribution in [-0.2, 0) is 0 Å². The van der Waals surface area contributed by atoms with Gasteiger partial charge in [-0.1, -0.05) is 15.9 Å². The number of non-ortho nitro benzene ring substituents is 1. The molecule has 0 N–H and O–H groups in total. The lowest BCUT2D eigenvalue weighted by atomic mass is 10.2. The van der Waals surface area contributed by atoms with Gasteiger partial charge in [0.1, 0.15) is 0 Å². The van der Waals surface area contributed by atoms with Crippen molar-refractivity contribution in [1.82, 2.24) is 0 Å². The van der Waals surface area contributed by atoms with E-state index >= 15 is 0 Å². The van der Waals surface area contributed by atoms with Crippen LogP contribution < -0.4 is 9.47 Å². The molecule has 0 unspecified atom stereocenters. The molecule has 0 saturated carbocycles. The van der Waals surface area contributed by atoms with Crippen molar-refractivity contribution in [3.05, 3.63) is 62.6 Å². The van der Waals surface area contributed by atoms with Gasteiger partial charge in [0.05, 0.1) is 23.7 Å². The molecular formula is C14H10BrNO5. The highest BCUT2D eigenvalue weighted by molar-refractivity contribution is 9.10. The fraction of sp³-hybridized carbons (Fsp3) is 0.0714. The van der Waals surface area contributed by atoms with Gasteiger partial charge in [0.2, 0.25) is 0 Å². The van der Waals surface area contributed by atoms with E-state index in [1.807, 2.05) is 0 Å². The molecule has 0 saturated heterocycles. The summed E-state index contributed by atoms with van der Waals surface area (Å²) < 4.78 is 11.0. The van der Waals surface area contributed by atoms with Crippen LogP contribution >= 0.6 is 15.9 Å². The number of carbonyl (C=O) groups excluding carboxylic acids is 1. The summed E-state index contributed by atoms with van der Waals surface area (Å²) in [5.41, 5.74) is 0.140. The van der Waals surface area contributed by atoms with Gasteiger partial charge in [0, 0.05) is 10.5 Å². The number of nitro groups is 1. The molecule has 108 valence electrons. The summed E-state index contributed by atoms with van der Waals surface area (Å²) in [7, 11) is 1.39. The first-order chi connectivity index (χ1) is 10.0. The van der Waals surface area contributed by atoms with Crippen LogP contribution in [0.5, 0.6) is 11.5 Å². The van der Waals surface area contributed by atoms with E-state index in [0.717, 1.165) is 10.5 Å². The number of benzene rings is 2. The number of nitro benzene ring substituents is 1. The Balaban J connectivity index is 2.29. The van der Waals surface area contributed by atoms with Gasteiger partial charge in [-0.05, 0) is 30.3 Å². The van der Waals surface area contributed by atoms with Crippen LogP contribution in [0.25, 0.3) is 0 Å². The van der Waals surface area contributed by atoms with E-state index in [1.54, 1.807) is 24.3 Å². The molecule has 0 radical (unpaired) electrons. The number of nitrogens with zero attached hydrogens (tertiary/aromatic N) is 1. The van der Waals surface area contributed by atoms with Crippen LogP contribution in [0.15, 0.2) is 46.9 Å². The minimum absolute atomic E-state index is 0.000353. The first-order valence-corrected chi connectivity index (χ1v) is 6.60. The molecule has 0 aliphatic heterocycles. The van der Waals surface area contributed by atoms with Gasteiger partial charge in [-0.3, -0.25) is 10.1 Å². The predicted octanol–water partition coefficient (Wildman–Crippen LogP) is 3.59. The van der Waals surface area contributed by atoms with E-state index < -0.39 is 10.9 Å². The number of rotatable bonds is 4. The molecule has 0 amide bonds. The highest BCUT2D eigenvalue weighted by Crippen LogP contribution is 2.31. The molecule has 0 aromatic heterocycles. The fourth-order valence-corrected chi connectivity index (χ4v) is 1.87. The molecule has 7 heteroatoms. The van der Waals surface area contributed by atoms with Gasteiger partial charge in [-0.2, -0.15) is 0 Å². The van der Waals surface area contributed by atoms with Gasteiger partial charge in [-0.15, -0.1) is 0 Å². The summed E-state index contributed by atoms with van der Waals surface area (Å²) in [5, 5.41) is 10.8. The first-order valence-electron chi connectivity index (χ1n) is 5.81. The standard InChI is InChI=1S/C14H10BrNO5/c1-20-12-7-6-11(16(18)19)8-13(12)21-14(17)9-2-4-10(15)5-3-9/h2-8H,1H3. The van der Waals surface area contributed by atoms with E-state index in [-0.39, 0.29) is 17.2 Å². The molecule has 0 atom stereocenters. The number of hydrogen-bond donors (Lipinski definition) is 0. The van der Waals surface area contributed by atoms with E-state index in [2.05, 4.69) is 15.9 Å². The molecule has 0 aliphatic rings. The zero-order valence-corrected chi connectivity index (χ0v) is 12.5. The second kappa shape index (κ2) is 6.36. The van der Waals surface area contributed by atoms with Crippen molar-refractivity contribution in [2.24, 2.45) is 0 Å². The Bertz CT molecular complexity index is 684. The van der Waals surface area contributed by atoms with Crippen molar-refractivity contribution in [2.45, 2.75) is 0 Å². The quantitative estimate of drug-likeness (QED) is 0.364. The summed E-state index contributed by atoms with van der Waals surface area (Å²) in [5.74, 6) is -0.382. The molecule has 6 nitrogen and oxygen atoms in total. The molecule has 0 bridgehead atoms.